The third kappa shape index (κ3) is 2.94. The lowest BCUT2D eigenvalue weighted by atomic mass is 10.2. The predicted molar refractivity (Wildman–Crippen MR) is 96.9 cm³/mol. The first-order chi connectivity index (χ1) is 11.7. The Kier molecular flexibility index (Phi) is 4.29. The van der Waals surface area contributed by atoms with Crippen LogP contribution in [0.2, 0.25) is 5.02 Å². The molecule has 2 aromatic heterocycles. The Morgan fingerprint density at radius 1 is 1.12 bits per heavy atom. The lowest BCUT2D eigenvalue weighted by Crippen LogP contribution is -2.04. The topological polar surface area (TPSA) is 43.6 Å². The molecule has 0 saturated heterocycles. The fourth-order valence-electron chi connectivity index (χ4n) is 3.04. The van der Waals surface area contributed by atoms with Crippen molar-refractivity contribution < 1.29 is 0 Å². The fraction of sp³-hybridized carbons (Fsp3) is 0.278. The van der Waals surface area contributed by atoms with E-state index in [0.717, 1.165) is 40.0 Å². The summed E-state index contributed by atoms with van der Waals surface area (Å²) in [7, 11) is 0. The lowest BCUT2D eigenvalue weighted by Gasteiger charge is -2.06. The van der Waals surface area contributed by atoms with Gasteiger partial charge < -0.3 is 0 Å². The predicted octanol–water partition coefficient (Wildman–Crippen LogP) is 4.41. The van der Waals surface area contributed by atoms with E-state index in [9.17, 15) is 0 Å². The number of thioether (sulfide) groups is 1. The second kappa shape index (κ2) is 6.57. The number of rotatable bonds is 4. The summed E-state index contributed by atoms with van der Waals surface area (Å²) in [6.45, 7) is 2.11. The minimum atomic E-state index is 0.781. The van der Waals surface area contributed by atoms with E-state index in [0.29, 0.717) is 0 Å². The molecule has 0 aliphatic heterocycles. The summed E-state index contributed by atoms with van der Waals surface area (Å²) >= 11 is 7.82. The number of hydrogen-bond donors (Lipinski definition) is 0. The molecule has 0 unspecified atom stereocenters. The highest BCUT2D eigenvalue weighted by atomic mass is 35.5. The molecule has 0 fully saturated rings. The van der Waals surface area contributed by atoms with Crippen LogP contribution in [-0.2, 0) is 18.6 Å². The van der Waals surface area contributed by atoms with Crippen LogP contribution in [0.4, 0.5) is 0 Å². The first kappa shape index (κ1) is 15.7. The largest absolute Gasteiger partial charge is 0.217 e. The normalized spacial score (nSPS) is 13.2. The number of aromatic nitrogens is 4. The van der Waals surface area contributed by atoms with Crippen LogP contribution in [0.5, 0.6) is 0 Å². The van der Waals surface area contributed by atoms with Crippen LogP contribution in [0.1, 0.15) is 28.9 Å². The van der Waals surface area contributed by atoms with E-state index in [4.69, 9.17) is 11.6 Å². The van der Waals surface area contributed by atoms with Gasteiger partial charge in [0.2, 0.25) is 0 Å². The quantitative estimate of drug-likeness (QED) is 0.650. The molecule has 122 valence electrons. The third-order valence-electron chi connectivity index (χ3n) is 4.34. The summed E-state index contributed by atoms with van der Waals surface area (Å²) in [6, 6.07) is 11.9. The van der Waals surface area contributed by atoms with Crippen LogP contribution in [0.15, 0.2) is 41.4 Å². The van der Waals surface area contributed by atoms with Crippen molar-refractivity contribution in [2.45, 2.75) is 37.0 Å². The molecule has 6 heteroatoms. The third-order valence-corrected chi connectivity index (χ3v) is 5.68. The van der Waals surface area contributed by atoms with Gasteiger partial charge in [0.05, 0.1) is 5.69 Å². The average Bonchev–Trinajstić information content (AvgIpc) is 3.18. The van der Waals surface area contributed by atoms with Gasteiger partial charge in [-0.3, -0.25) is 0 Å². The van der Waals surface area contributed by atoms with E-state index < -0.39 is 0 Å². The van der Waals surface area contributed by atoms with Crippen molar-refractivity contribution in [3.8, 4) is 5.82 Å². The van der Waals surface area contributed by atoms with Crippen LogP contribution in [0, 0.1) is 6.92 Å². The second-order valence-corrected chi connectivity index (χ2v) is 7.29. The van der Waals surface area contributed by atoms with Gasteiger partial charge >= 0.3 is 0 Å². The Morgan fingerprint density at radius 3 is 2.75 bits per heavy atom. The van der Waals surface area contributed by atoms with Gasteiger partial charge in [0, 0.05) is 16.5 Å². The van der Waals surface area contributed by atoms with E-state index in [1.807, 2.05) is 41.1 Å². The molecule has 4 rings (SSSR count). The number of nitrogens with zero attached hydrogens (tertiary/aromatic N) is 4. The zero-order valence-corrected chi connectivity index (χ0v) is 14.9. The summed E-state index contributed by atoms with van der Waals surface area (Å²) in [5.41, 5.74) is 4.89. The lowest BCUT2D eigenvalue weighted by molar-refractivity contribution is 0.738. The standard InChI is InChI=1S/C18H17ClN4S/c1-12-14-6-4-8-16(14)22-23(12)17-9-10-18(21-20-17)24-11-13-5-2-3-7-15(13)19/h2-3,5,7,9-10H,4,6,8,11H2,1H3. The Bertz CT molecular complexity index is 873. The van der Waals surface area contributed by atoms with Gasteiger partial charge in [-0.25, -0.2) is 4.68 Å². The monoisotopic (exact) mass is 356 g/mol. The smallest absolute Gasteiger partial charge is 0.176 e. The minimum absolute atomic E-state index is 0.781. The molecule has 24 heavy (non-hydrogen) atoms. The number of benzene rings is 1. The highest BCUT2D eigenvalue weighted by molar-refractivity contribution is 7.98. The number of hydrogen-bond acceptors (Lipinski definition) is 4. The fourth-order valence-corrected chi connectivity index (χ4v) is 4.14. The maximum Gasteiger partial charge on any atom is 0.176 e. The van der Waals surface area contributed by atoms with E-state index in [-0.39, 0.29) is 0 Å². The minimum Gasteiger partial charge on any atom is -0.217 e. The first-order valence-corrected chi connectivity index (χ1v) is 9.36. The van der Waals surface area contributed by atoms with E-state index in [1.165, 1.54) is 23.4 Å². The van der Waals surface area contributed by atoms with E-state index >= 15 is 0 Å². The number of aryl methyl sites for hydroxylation is 1. The van der Waals surface area contributed by atoms with Crippen LogP contribution in [0.25, 0.3) is 5.82 Å². The highest BCUT2D eigenvalue weighted by Gasteiger charge is 2.20. The molecular formula is C18H17ClN4S. The maximum absolute atomic E-state index is 6.19. The molecule has 0 spiro atoms. The summed E-state index contributed by atoms with van der Waals surface area (Å²) in [4.78, 5) is 0. The first-order valence-electron chi connectivity index (χ1n) is 8.00. The zero-order valence-electron chi connectivity index (χ0n) is 13.4. The average molecular weight is 357 g/mol. The van der Waals surface area contributed by atoms with Gasteiger partial charge in [-0.05, 0) is 55.5 Å². The molecule has 0 N–H and O–H groups in total. The maximum atomic E-state index is 6.19. The Morgan fingerprint density at radius 2 is 2.00 bits per heavy atom. The van der Waals surface area contributed by atoms with E-state index in [1.54, 1.807) is 11.8 Å². The Hall–Kier alpha value is -1.85. The molecular weight excluding hydrogens is 340 g/mol. The molecule has 0 radical (unpaired) electrons. The van der Waals surface area contributed by atoms with Gasteiger partial charge in [-0.2, -0.15) is 5.10 Å². The summed E-state index contributed by atoms with van der Waals surface area (Å²) < 4.78 is 1.92. The van der Waals surface area contributed by atoms with Gasteiger partial charge in [0.15, 0.2) is 5.82 Å². The highest BCUT2D eigenvalue weighted by Crippen LogP contribution is 2.27. The molecule has 0 saturated carbocycles. The van der Waals surface area contributed by atoms with Crippen molar-refractivity contribution in [2.75, 3.05) is 0 Å². The van der Waals surface area contributed by atoms with Crippen LogP contribution < -0.4 is 0 Å². The van der Waals surface area contributed by atoms with Gasteiger partial charge in [0.25, 0.3) is 0 Å². The van der Waals surface area contributed by atoms with Gasteiger partial charge in [0.1, 0.15) is 5.03 Å². The summed E-state index contributed by atoms with van der Waals surface area (Å²) in [5.74, 6) is 1.56. The molecule has 1 aliphatic carbocycles. The molecule has 0 atom stereocenters. The van der Waals surface area contributed by atoms with Crippen molar-refractivity contribution in [2.24, 2.45) is 0 Å². The Balaban J connectivity index is 1.50. The number of halogens is 1. The van der Waals surface area contributed by atoms with Crippen molar-refractivity contribution in [3.63, 3.8) is 0 Å². The van der Waals surface area contributed by atoms with Gasteiger partial charge in [-0.1, -0.05) is 41.6 Å². The molecule has 1 aromatic carbocycles. The van der Waals surface area contributed by atoms with Crippen LogP contribution >= 0.6 is 23.4 Å². The van der Waals surface area contributed by atoms with Crippen molar-refractivity contribution >= 4 is 23.4 Å². The van der Waals surface area contributed by atoms with Crippen molar-refractivity contribution in [1.82, 2.24) is 20.0 Å². The van der Waals surface area contributed by atoms with Crippen LogP contribution in [-0.4, -0.2) is 20.0 Å². The molecule has 1 aliphatic rings. The van der Waals surface area contributed by atoms with Gasteiger partial charge in [-0.15, -0.1) is 10.2 Å². The molecule has 4 nitrogen and oxygen atoms in total. The zero-order chi connectivity index (χ0) is 16.5. The Labute approximate surface area is 150 Å². The molecule has 0 bridgehead atoms. The molecule has 3 aromatic rings. The SMILES string of the molecule is Cc1c2c(nn1-c1ccc(SCc3ccccc3Cl)nn1)CCC2. The second-order valence-electron chi connectivity index (χ2n) is 5.89. The van der Waals surface area contributed by atoms with Crippen LogP contribution in [0.3, 0.4) is 0 Å². The van der Waals surface area contributed by atoms with Crippen molar-refractivity contribution in [1.29, 1.82) is 0 Å². The van der Waals surface area contributed by atoms with E-state index in [2.05, 4.69) is 22.2 Å². The summed E-state index contributed by atoms with van der Waals surface area (Å²) in [6.07, 6.45) is 3.41. The molecule has 2 heterocycles. The number of fused-ring (bicyclic) bond motifs is 1. The van der Waals surface area contributed by atoms with Crippen molar-refractivity contribution in [3.05, 3.63) is 63.9 Å². The summed E-state index contributed by atoms with van der Waals surface area (Å²) in [5, 5.41) is 15.0. The molecule has 0 amide bonds.